The van der Waals surface area contributed by atoms with Gasteiger partial charge >= 0.3 is 0 Å². The molecule has 1 saturated heterocycles. The van der Waals surface area contributed by atoms with Crippen LogP contribution in [0.3, 0.4) is 0 Å². The molecule has 0 bridgehead atoms. The maximum Gasteiger partial charge on any atom is 0.227 e. The zero-order valence-corrected chi connectivity index (χ0v) is 18.7. The molecule has 0 saturated carbocycles. The molecule has 2 aromatic heterocycles. The summed E-state index contributed by atoms with van der Waals surface area (Å²) in [5.41, 5.74) is 2.52. The van der Waals surface area contributed by atoms with Gasteiger partial charge in [0, 0.05) is 31.7 Å². The number of hydrogen-bond acceptors (Lipinski definition) is 5. The van der Waals surface area contributed by atoms with E-state index in [-0.39, 0.29) is 5.91 Å². The quantitative estimate of drug-likeness (QED) is 0.454. The zero-order valence-electron chi connectivity index (χ0n) is 17.2. The van der Waals surface area contributed by atoms with E-state index in [1.165, 1.54) is 0 Å². The molecule has 5 rings (SSSR count). The largest absolute Gasteiger partial charge is 0.352 e. The molecule has 9 heteroatoms. The van der Waals surface area contributed by atoms with Crippen LogP contribution in [0.2, 0.25) is 10.0 Å². The Labute approximate surface area is 195 Å². The lowest BCUT2D eigenvalue weighted by Gasteiger charge is -2.35. The molecule has 0 spiro atoms. The summed E-state index contributed by atoms with van der Waals surface area (Å²) in [6.45, 7) is 2.67. The lowest BCUT2D eigenvalue weighted by atomic mass is 10.1. The Kier molecular flexibility index (Phi) is 5.68. The molecule has 0 N–H and O–H groups in total. The van der Waals surface area contributed by atoms with Gasteiger partial charge in [0.1, 0.15) is 5.82 Å². The Morgan fingerprint density at radius 2 is 1.66 bits per heavy atom. The minimum atomic E-state index is 0.0802. The molecule has 7 nitrogen and oxygen atoms in total. The minimum absolute atomic E-state index is 0.0802. The average molecular weight is 467 g/mol. The van der Waals surface area contributed by atoms with Crippen molar-refractivity contribution < 1.29 is 4.79 Å². The molecule has 0 aliphatic carbocycles. The second-order valence-electron chi connectivity index (χ2n) is 7.64. The molecule has 1 aliphatic heterocycles. The van der Waals surface area contributed by atoms with E-state index in [9.17, 15) is 4.79 Å². The second kappa shape index (κ2) is 8.76. The van der Waals surface area contributed by atoms with Gasteiger partial charge in [-0.2, -0.15) is 4.52 Å². The van der Waals surface area contributed by atoms with Crippen molar-refractivity contribution in [3.8, 4) is 11.4 Å². The summed E-state index contributed by atoms with van der Waals surface area (Å²) >= 11 is 12.0. The zero-order chi connectivity index (χ0) is 22.1. The second-order valence-corrected chi connectivity index (χ2v) is 8.46. The fourth-order valence-electron chi connectivity index (χ4n) is 3.84. The van der Waals surface area contributed by atoms with Crippen molar-refractivity contribution in [1.82, 2.24) is 24.7 Å². The Balaban J connectivity index is 1.27. The molecule has 1 fully saturated rings. The summed E-state index contributed by atoms with van der Waals surface area (Å²) < 4.78 is 1.77. The van der Waals surface area contributed by atoms with Crippen LogP contribution in [0.4, 0.5) is 5.82 Å². The Morgan fingerprint density at radius 1 is 0.875 bits per heavy atom. The third-order valence-corrected chi connectivity index (χ3v) is 6.32. The van der Waals surface area contributed by atoms with Crippen LogP contribution < -0.4 is 4.90 Å². The van der Waals surface area contributed by atoms with Crippen molar-refractivity contribution in [3.05, 3.63) is 76.3 Å². The molecule has 0 radical (unpaired) electrons. The molecule has 162 valence electrons. The first-order chi connectivity index (χ1) is 15.6. The smallest absolute Gasteiger partial charge is 0.227 e. The molecular weight excluding hydrogens is 447 g/mol. The van der Waals surface area contributed by atoms with Crippen molar-refractivity contribution in [2.24, 2.45) is 0 Å². The molecular formula is C23H20Cl2N6O. The van der Waals surface area contributed by atoms with Crippen molar-refractivity contribution in [3.63, 3.8) is 0 Å². The minimum Gasteiger partial charge on any atom is -0.352 e. The van der Waals surface area contributed by atoms with Crippen molar-refractivity contribution >= 4 is 40.6 Å². The van der Waals surface area contributed by atoms with Gasteiger partial charge in [0.05, 0.1) is 16.5 Å². The first-order valence-electron chi connectivity index (χ1n) is 10.3. The van der Waals surface area contributed by atoms with Crippen LogP contribution in [0.15, 0.2) is 60.7 Å². The number of rotatable bonds is 4. The van der Waals surface area contributed by atoms with E-state index in [4.69, 9.17) is 28.3 Å². The number of carbonyl (C=O) groups excluding carboxylic acids is 1. The molecule has 0 unspecified atom stereocenters. The number of benzene rings is 2. The van der Waals surface area contributed by atoms with Crippen molar-refractivity contribution in [2.45, 2.75) is 6.42 Å². The number of anilines is 1. The third kappa shape index (κ3) is 4.13. The van der Waals surface area contributed by atoms with E-state index in [0.29, 0.717) is 54.1 Å². The highest BCUT2D eigenvalue weighted by Crippen LogP contribution is 2.24. The van der Waals surface area contributed by atoms with Gasteiger partial charge in [0.2, 0.25) is 5.91 Å². The van der Waals surface area contributed by atoms with Crippen molar-refractivity contribution in [2.75, 3.05) is 31.1 Å². The SMILES string of the molecule is O=C(Cc1ccc(Cl)c(Cl)c1)N1CCN(c2ccc3nnc(-c4ccccc4)n3n2)CC1. The summed E-state index contributed by atoms with van der Waals surface area (Å²) in [6.07, 6.45) is 0.308. The number of piperazine rings is 1. The average Bonchev–Trinajstić information content (AvgIpc) is 3.25. The highest BCUT2D eigenvalue weighted by Gasteiger charge is 2.23. The highest BCUT2D eigenvalue weighted by atomic mass is 35.5. The van der Waals surface area contributed by atoms with Crippen molar-refractivity contribution in [1.29, 1.82) is 0 Å². The van der Waals surface area contributed by atoms with Crippen LogP contribution in [-0.2, 0) is 11.2 Å². The standard InChI is InChI=1S/C23H20Cl2N6O/c24-18-7-6-16(14-19(18)25)15-22(32)30-12-10-29(11-13-30)21-9-8-20-26-27-23(31(20)28-21)17-4-2-1-3-5-17/h1-9,14H,10-13,15H2. The van der Waals surface area contributed by atoms with Gasteiger partial charge in [-0.1, -0.05) is 59.6 Å². The maximum absolute atomic E-state index is 12.7. The van der Waals surface area contributed by atoms with Crippen LogP contribution in [0.25, 0.3) is 17.0 Å². The number of hydrogen-bond donors (Lipinski definition) is 0. The number of amides is 1. The molecule has 2 aromatic carbocycles. The topological polar surface area (TPSA) is 66.6 Å². The van der Waals surface area contributed by atoms with E-state index < -0.39 is 0 Å². The van der Waals surface area contributed by atoms with Gasteiger partial charge in [0.15, 0.2) is 11.5 Å². The highest BCUT2D eigenvalue weighted by molar-refractivity contribution is 6.42. The maximum atomic E-state index is 12.7. The van der Waals surface area contributed by atoms with Crippen LogP contribution in [0.1, 0.15) is 5.56 Å². The first-order valence-corrected chi connectivity index (χ1v) is 11.1. The van der Waals surface area contributed by atoms with Crippen LogP contribution in [0, 0.1) is 0 Å². The van der Waals surface area contributed by atoms with E-state index in [1.807, 2.05) is 53.4 Å². The lowest BCUT2D eigenvalue weighted by molar-refractivity contribution is -0.130. The fraction of sp³-hybridized carbons (Fsp3) is 0.217. The van der Waals surface area contributed by atoms with Crippen LogP contribution >= 0.6 is 23.2 Å². The predicted molar refractivity (Wildman–Crippen MR) is 125 cm³/mol. The Bertz CT molecular complexity index is 1270. The summed E-state index contributed by atoms with van der Waals surface area (Å²) in [4.78, 5) is 16.8. The number of fused-ring (bicyclic) bond motifs is 1. The number of aromatic nitrogens is 4. The lowest BCUT2D eigenvalue weighted by Crippen LogP contribution is -2.49. The summed E-state index contributed by atoms with van der Waals surface area (Å²) in [5, 5.41) is 14.3. The summed E-state index contributed by atoms with van der Waals surface area (Å²) in [7, 11) is 0. The van der Waals surface area contributed by atoms with Gasteiger partial charge in [-0.15, -0.1) is 15.3 Å². The van der Waals surface area contributed by atoms with Crippen LogP contribution in [-0.4, -0.2) is 56.8 Å². The fourth-order valence-corrected chi connectivity index (χ4v) is 4.16. The molecule has 0 atom stereocenters. The Morgan fingerprint density at radius 3 is 2.41 bits per heavy atom. The van der Waals surface area contributed by atoms with Gasteiger partial charge < -0.3 is 9.80 Å². The normalized spacial score (nSPS) is 14.2. The van der Waals surface area contributed by atoms with E-state index in [1.54, 1.807) is 16.6 Å². The van der Waals surface area contributed by atoms with Gasteiger partial charge in [-0.25, -0.2) is 0 Å². The summed E-state index contributed by atoms with van der Waals surface area (Å²) in [5.74, 6) is 1.63. The molecule has 32 heavy (non-hydrogen) atoms. The number of nitrogens with zero attached hydrogens (tertiary/aromatic N) is 6. The molecule has 3 heterocycles. The molecule has 1 aliphatic rings. The molecule has 4 aromatic rings. The Hall–Kier alpha value is -3.16. The molecule has 1 amide bonds. The predicted octanol–water partition coefficient (Wildman–Crippen LogP) is 3.99. The number of halogens is 2. The van der Waals surface area contributed by atoms with E-state index in [2.05, 4.69) is 15.1 Å². The monoisotopic (exact) mass is 466 g/mol. The third-order valence-electron chi connectivity index (χ3n) is 5.58. The first kappa shape index (κ1) is 20.7. The van der Waals surface area contributed by atoms with Gasteiger partial charge in [0.25, 0.3) is 0 Å². The van der Waals surface area contributed by atoms with E-state index in [0.717, 1.165) is 16.9 Å². The van der Waals surface area contributed by atoms with Gasteiger partial charge in [-0.05, 0) is 29.8 Å². The number of carbonyl (C=O) groups is 1. The van der Waals surface area contributed by atoms with Gasteiger partial charge in [-0.3, -0.25) is 4.79 Å². The van der Waals surface area contributed by atoms with E-state index >= 15 is 0 Å². The summed E-state index contributed by atoms with van der Waals surface area (Å²) in [6, 6.07) is 19.1. The van der Waals surface area contributed by atoms with Crippen LogP contribution in [0.5, 0.6) is 0 Å².